The summed E-state index contributed by atoms with van der Waals surface area (Å²) in [7, 11) is 0. The van der Waals surface area contributed by atoms with Crippen LogP contribution in [0, 0.1) is 5.92 Å². The molecule has 1 aliphatic carbocycles. The topological polar surface area (TPSA) is 29.1 Å². The quantitative estimate of drug-likeness (QED) is 0.860. The largest absolute Gasteiger partial charge is 0.352 e. The van der Waals surface area contributed by atoms with E-state index in [1.807, 2.05) is 24.3 Å². The van der Waals surface area contributed by atoms with E-state index in [4.69, 9.17) is 11.6 Å². The van der Waals surface area contributed by atoms with Gasteiger partial charge in [-0.25, -0.2) is 0 Å². The molecule has 2 nitrogen and oxygen atoms in total. The molecule has 16 heavy (non-hydrogen) atoms. The average molecular weight is 238 g/mol. The third-order valence-electron chi connectivity index (χ3n) is 3.11. The highest BCUT2D eigenvalue weighted by atomic mass is 35.5. The van der Waals surface area contributed by atoms with Crippen LogP contribution in [0.15, 0.2) is 24.3 Å². The summed E-state index contributed by atoms with van der Waals surface area (Å²) in [6, 6.07) is 7.58. The molecular weight excluding hydrogens is 222 g/mol. The highest BCUT2D eigenvalue weighted by molar-refractivity contribution is 6.30. The molecule has 3 heteroatoms. The predicted octanol–water partition coefficient (Wildman–Crippen LogP) is 3.15. The van der Waals surface area contributed by atoms with Gasteiger partial charge in [-0.2, -0.15) is 0 Å². The lowest BCUT2D eigenvalue weighted by atomic mass is 10.1. The number of rotatable bonds is 3. The Bertz CT molecular complexity index is 355. The lowest BCUT2D eigenvalue weighted by molar-refractivity contribution is -0.124. The van der Waals surface area contributed by atoms with Crippen LogP contribution in [0.5, 0.6) is 0 Å². The minimum Gasteiger partial charge on any atom is -0.352 e. The third-order valence-corrected chi connectivity index (χ3v) is 3.36. The van der Waals surface area contributed by atoms with Gasteiger partial charge in [0, 0.05) is 17.5 Å². The van der Waals surface area contributed by atoms with E-state index < -0.39 is 0 Å². The summed E-state index contributed by atoms with van der Waals surface area (Å²) in [5.41, 5.74) is 1.09. The highest BCUT2D eigenvalue weighted by Crippen LogP contribution is 2.24. The summed E-state index contributed by atoms with van der Waals surface area (Å²) in [5.74, 6) is 0.444. The van der Waals surface area contributed by atoms with Gasteiger partial charge in [0.15, 0.2) is 0 Å². The molecule has 0 aromatic heterocycles. The third kappa shape index (κ3) is 2.99. The average Bonchev–Trinajstić information content (AvgIpc) is 2.81. The van der Waals surface area contributed by atoms with Crippen LogP contribution in [-0.2, 0) is 11.3 Å². The normalized spacial score (nSPS) is 16.3. The van der Waals surface area contributed by atoms with Gasteiger partial charge >= 0.3 is 0 Å². The predicted molar refractivity (Wildman–Crippen MR) is 65.3 cm³/mol. The van der Waals surface area contributed by atoms with Gasteiger partial charge in [0.05, 0.1) is 0 Å². The Morgan fingerprint density at radius 2 is 1.88 bits per heavy atom. The molecule has 1 amide bonds. The first-order valence-corrected chi connectivity index (χ1v) is 6.15. The van der Waals surface area contributed by atoms with E-state index in [0.29, 0.717) is 6.54 Å². The molecule has 1 aliphatic rings. The molecule has 0 bridgehead atoms. The van der Waals surface area contributed by atoms with Crippen molar-refractivity contribution in [2.24, 2.45) is 5.92 Å². The Morgan fingerprint density at radius 3 is 2.50 bits per heavy atom. The van der Waals surface area contributed by atoms with Crippen molar-refractivity contribution in [2.45, 2.75) is 32.2 Å². The van der Waals surface area contributed by atoms with Crippen LogP contribution >= 0.6 is 11.6 Å². The molecule has 1 aromatic rings. The van der Waals surface area contributed by atoms with Crippen LogP contribution in [-0.4, -0.2) is 5.91 Å². The van der Waals surface area contributed by atoms with E-state index in [9.17, 15) is 4.79 Å². The van der Waals surface area contributed by atoms with Gasteiger partial charge < -0.3 is 5.32 Å². The second-order valence-corrected chi connectivity index (χ2v) is 4.76. The molecule has 0 heterocycles. The van der Waals surface area contributed by atoms with Crippen LogP contribution in [0.25, 0.3) is 0 Å². The maximum Gasteiger partial charge on any atom is 0.223 e. The Hall–Kier alpha value is -1.02. The lowest BCUT2D eigenvalue weighted by Gasteiger charge is -2.10. The van der Waals surface area contributed by atoms with Crippen LogP contribution in [0.4, 0.5) is 0 Å². The van der Waals surface area contributed by atoms with Gasteiger partial charge in [-0.05, 0) is 30.5 Å². The van der Waals surface area contributed by atoms with Gasteiger partial charge in [-0.3, -0.25) is 4.79 Å². The van der Waals surface area contributed by atoms with Crippen molar-refractivity contribution in [2.75, 3.05) is 0 Å². The Kier molecular flexibility index (Phi) is 3.83. The fraction of sp³-hybridized carbons (Fsp3) is 0.462. The fourth-order valence-corrected chi connectivity index (χ4v) is 2.25. The number of carbonyl (C=O) groups excluding carboxylic acids is 1. The lowest BCUT2D eigenvalue weighted by Crippen LogP contribution is -2.28. The number of carbonyl (C=O) groups is 1. The van der Waals surface area contributed by atoms with Crippen molar-refractivity contribution in [1.29, 1.82) is 0 Å². The second kappa shape index (κ2) is 5.35. The van der Waals surface area contributed by atoms with Crippen molar-refractivity contribution in [3.63, 3.8) is 0 Å². The Morgan fingerprint density at radius 1 is 1.25 bits per heavy atom. The summed E-state index contributed by atoms with van der Waals surface area (Å²) in [6.45, 7) is 0.604. The zero-order chi connectivity index (χ0) is 11.4. The molecule has 86 valence electrons. The molecule has 0 unspecified atom stereocenters. The monoisotopic (exact) mass is 237 g/mol. The zero-order valence-electron chi connectivity index (χ0n) is 9.21. The number of nitrogens with one attached hydrogen (secondary N) is 1. The van der Waals surface area contributed by atoms with Crippen LogP contribution < -0.4 is 5.32 Å². The summed E-state index contributed by atoms with van der Waals surface area (Å²) in [4.78, 5) is 11.7. The molecule has 1 aromatic carbocycles. The summed E-state index contributed by atoms with van der Waals surface area (Å²) in [6.07, 6.45) is 4.48. The van der Waals surface area contributed by atoms with Crippen LogP contribution in [0.1, 0.15) is 31.2 Å². The van der Waals surface area contributed by atoms with Gasteiger partial charge in [0.25, 0.3) is 0 Å². The zero-order valence-corrected chi connectivity index (χ0v) is 9.96. The number of hydrogen-bond acceptors (Lipinski definition) is 1. The fourth-order valence-electron chi connectivity index (χ4n) is 2.12. The van der Waals surface area contributed by atoms with Gasteiger partial charge in [0.1, 0.15) is 0 Å². The van der Waals surface area contributed by atoms with E-state index in [2.05, 4.69) is 5.32 Å². The Balaban J connectivity index is 1.82. The first kappa shape index (κ1) is 11.5. The molecule has 0 radical (unpaired) electrons. The molecule has 0 saturated heterocycles. The van der Waals surface area contributed by atoms with E-state index in [1.54, 1.807) is 0 Å². The molecule has 1 saturated carbocycles. The molecule has 0 spiro atoms. The van der Waals surface area contributed by atoms with Crippen molar-refractivity contribution < 1.29 is 4.79 Å². The molecule has 1 fully saturated rings. The maximum absolute atomic E-state index is 11.7. The number of benzene rings is 1. The van der Waals surface area contributed by atoms with Gasteiger partial charge in [-0.1, -0.05) is 36.6 Å². The SMILES string of the molecule is O=C(NCc1ccc(Cl)cc1)C1CCCC1. The first-order chi connectivity index (χ1) is 7.75. The summed E-state index contributed by atoms with van der Waals surface area (Å²) < 4.78 is 0. The van der Waals surface area contributed by atoms with Crippen molar-refractivity contribution >= 4 is 17.5 Å². The van der Waals surface area contributed by atoms with Crippen molar-refractivity contribution in [1.82, 2.24) is 5.32 Å². The van der Waals surface area contributed by atoms with Crippen molar-refractivity contribution in [3.05, 3.63) is 34.9 Å². The van der Waals surface area contributed by atoms with E-state index in [0.717, 1.165) is 23.4 Å². The highest BCUT2D eigenvalue weighted by Gasteiger charge is 2.21. The van der Waals surface area contributed by atoms with E-state index in [-0.39, 0.29) is 11.8 Å². The van der Waals surface area contributed by atoms with Gasteiger partial charge in [0.2, 0.25) is 5.91 Å². The molecule has 0 aliphatic heterocycles. The standard InChI is InChI=1S/C13H16ClNO/c14-12-7-5-10(6-8-12)9-15-13(16)11-3-1-2-4-11/h5-8,11H,1-4,9H2,(H,15,16). The van der Waals surface area contributed by atoms with Crippen molar-refractivity contribution in [3.8, 4) is 0 Å². The minimum atomic E-state index is 0.201. The smallest absolute Gasteiger partial charge is 0.223 e. The Labute approximate surface area is 101 Å². The van der Waals surface area contributed by atoms with Gasteiger partial charge in [-0.15, -0.1) is 0 Å². The number of halogens is 1. The molecule has 0 atom stereocenters. The maximum atomic E-state index is 11.7. The number of hydrogen-bond donors (Lipinski definition) is 1. The summed E-state index contributed by atoms with van der Waals surface area (Å²) >= 11 is 5.79. The minimum absolute atomic E-state index is 0.201. The van der Waals surface area contributed by atoms with E-state index >= 15 is 0 Å². The summed E-state index contributed by atoms with van der Waals surface area (Å²) in [5, 5.41) is 3.71. The second-order valence-electron chi connectivity index (χ2n) is 4.33. The number of amides is 1. The molecular formula is C13H16ClNO. The molecule has 1 N–H and O–H groups in total. The van der Waals surface area contributed by atoms with Crippen LogP contribution in [0.2, 0.25) is 5.02 Å². The molecule has 2 rings (SSSR count). The van der Waals surface area contributed by atoms with E-state index in [1.165, 1.54) is 12.8 Å². The van der Waals surface area contributed by atoms with Crippen LogP contribution in [0.3, 0.4) is 0 Å². The first-order valence-electron chi connectivity index (χ1n) is 5.78.